The van der Waals surface area contributed by atoms with Gasteiger partial charge < -0.3 is 9.47 Å². The molecular weight excluding hydrogens is 312 g/mol. The van der Waals surface area contributed by atoms with Gasteiger partial charge in [0.1, 0.15) is 0 Å². The summed E-state index contributed by atoms with van der Waals surface area (Å²) in [5.41, 5.74) is 2.63. The van der Waals surface area contributed by atoms with E-state index in [2.05, 4.69) is 82.5 Å². The van der Waals surface area contributed by atoms with Gasteiger partial charge in [-0.15, -0.1) is 12.4 Å². The Hall–Kier alpha value is -1.84. The van der Waals surface area contributed by atoms with Crippen LogP contribution in [0.25, 0.3) is 0 Å². The van der Waals surface area contributed by atoms with Gasteiger partial charge in [-0.3, -0.25) is 0 Å². The van der Waals surface area contributed by atoms with Crippen molar-refractivity contribution in [2.24, 2.45) is 0 Å². The molecule has 2 heterocycles. The number of hydrogen-bond acceptors (Lipinski definition) is 2. The van der Waals surface area contributed by atoms with Gasteiger partial charge >= 0.3 is 0 Å². The zero-order chi connectivity index (χ0) is 14.1. The lowest BCUT2D eigenvalue weighted by atomic mass is 10.2. The summed E-state index contributed by atoms with van der Waals surface area (Å²) in [5, 5.41) is 0. The number of anilines is 2. The third-order valence-corrected chi connectivity index (χ3v) is 4.91. The minimum atomic E-state index is 0. The Kier molecular flexibility index (Phi) is 4.46. The van der Waals surface area contributed by atoms with Gasteiger partial charge in [0.2, 0.25) is 0 Å². The lowest BCUT2D eigenvalue weighted by Gasteiger charge is -2.32. The Bertz CT molecular complexity index is 710. The van der Waals surface area contributed by atoms with E-state index in [1.807, 2.05) is 11.8 Å². The van der Waals surface area contributed by atoms with Crippen LogP contribution >= 0.6 is 24.2 Å². The lowest BCUT2D eigenvalue weighted by molar-refractivity contribution is 0.696. The number of nitrogens with zero attached hydrogens (tertiary/aromatic N) is 2. The average Bonchev–Trinajstić information content (AvgIpc) is 3.05. The molecule has 112 valence electrons. The summed E-state index contributed by atoms with van der Waals surface area (Å²) in [4.78, 5) is 5.11. The topological polar surface area (TPSA) is 8.17 Å². The number of benzene rings is 2. The van der Waals surface area contributed by atoms with Crippen molar-refractivity contribution in [2.75, 3.05) is 11.4 Å². The molecule has 2 nitrogen and oxygen atoms in total. The molecule has 0 amide bonds. The SMILES string of the molecule is Cl.c1ccc2c(c1)Sc1ccccc1N2CCn1cccc1. The van der Waals surface area contributed by atoms with E-state index in [1.54, 1.807) is 0 Å². The van der Waals surface area contributed by atoms with E-state index in [0.29, 0.717) is 0 Å². The fourth-order valence-corrected chi connectivity index (χ4v) is 3.85. The normalized spacial score (nSPS) is 12.3. The highest BCUT2D eigenvalue weighted by atomic mass is 35.5. The summed E-state index contributed by atoms with van der Waals surface area (Å²) in [6, 6.07) is 21.5. The van der Waals surface area contributed by atoms with Crippen molar-refractivity contribution in [3.8, 4) is 0 Å². The van der Waals surface area contributed by atoms with Crippen molar-refractivity contribution in [3.05, 3.63) is 73.1 Å². The molecule has 0 unspecified atom stereocenters. The Morgan fingerprint density at radius 2 is 1.23 bits per heavy atom. The summed E-state index contributed by atoms with van der Waals surface area (Å²) in [6.45, 7) is 1.96. The molecule has 0 bridgehead atoms. The van der Waals surface area contributed by atoms with Crippen molar-refractivity contribution in [1.29, 1.82) is 0 Å². The smallest absolute Gasteiger partial charge is 0.0553 e. The minimum absolute atomic E-state index is 0. The molecule has 3 aromatic rings. The van der Waals surface area contributed by atoms with E-state index in [4.69, 9.17) is 0 Å². The van der Waals surface area contributed by atoms with Crippen molar-refractivity contribution < 1.29 is 0 Å². The number of fused-ring (bicyclic) bond motifs is 2. The molecule has 1 aromatic heterocycles. The first-order chi connectivity index (χ1) is 10.4. The molecule has 0 radical (unpaired) electrons. The highest BCUT2D eigenvalue weighted by Gasteiger charge is 2.22. The Balaban J connectivity index is 0.00000144. The Labute approximate surface area is 141 Å². The van der Waals surface area contributed by atoms with Gasteiger partial charge in [0.05, 0.1) is 11.4 Å². The molecule has 0 aliphatic carbocycles. The van der Waals surface area contributed by atoms with Crippen molar-refractivity contribution in [3.63, 3.8) is 0 Å². The van der Waals surface area contributed by atoms with E-state index in [-0.39, 0.29) is 12.4 Å². The Morgan fingerprint density at radius 1 is 0.682 bits per heavy atom. The number of hydrogen-bond donors (Lipinski definition) is 0. The van der Waals surface area contributed by atoms with Crippen molar-refractivity contribution in [1.82, 2.24) is 4.57 Å². The van der Waals surface area contributed by atoms with Gasteiger partial charge in [0.15, 0.2) is 0 Å². The van der Waals surface area contributed by atoms with E-state index in [1.165, 1.54) is 21.2 Å². The van der Waals surface area contributed by atoms with Gasteiger partial charge in [0.25, 0.3) is 0 Å². The largest absolute Gasteiger partial charge is 0.352 e. The van der Waals surface area contributed by atoms with Crippen LogP contribution in [-0.2, 0) is 6.54 Å². The van der Waals surface area contributed by atoms with Crippen LogP contribution in [0.15, 0.2) is 82.8 Å². The summed E-state index contributed by atoms with van der Waals surface area (Å²) >= 11 is 1.86. The number of rotatable bonds is 3. The van der Waals surface area contributed by atoms with Gasteiger partial charge in [-0.05, 0) is 36.4 Å². The highest BCUT2D eigenvalue weighted by Crippen LogP contribution is 2.47. The molecule has 0 spiro atoms. The molecule has 2 aromatic carbocycles. The summed E-state index contributed by atoms with van der Waals surface area (Å²) in [5.74, 6) is 0. The van der Waals surface area contributed by atoms with Crippen LogP contribution in [0, 0.1) is 0 Å². The van der Waals surface area contributed by atoms with E-state index in [9.17, 15) is 0 Å². The number of halogens is 1. The molecule has 0 atom stereocenters. The first-order valence-electron chi connectivity index (χ1n) is 7.16. The van der Waals surface area contributed by atoms with Crippen LogP contribution in [0.3, 0.4) is 0 Å². The van der Waals surface area contributed by atoms with Crippen LogP contribution in [0.1, 0.15) is 0 Å². The molecule has 0 saturated heterocycles. The third kappa shape index (κ3) is 2.74. The minimum Gasteiger partial charge on any atom is -0.352 e. The molecule has 1 aliphatic rings. The summed E-state index contributed by atoms with van der Waals surface area (Å²) < 4.78 is 2.23. The second-order valence-corrected chi connectivity index (χ2v) is 6.19. The lowest BCUT2D eigenvalue weighted by Crippen LogP contribution is -2.24. The molecule has 22 heavy (non-hydrogen) atoms. The second-order valence-electron chi connectivity index (χ2n) is 5.11. The summed E-state index contributed by atoms with van der Waals surface area (Å²) in [7, 11) is 0. The van der Waals surface area contributed by atoms with Crippen LogP contribution in [-0.4, -0.2) is 11.1 Å². The van der Waals surface area contributed by atoms with Crippen LogP contribution < -0.4 is 4.90 Å². The molecular formula is C18H17ClN2S. The Morgan fingerprint density at radius 3 is 1.82 bits per heavy atom. The van der Waals surface area contributed by atoms with Gasteiger partial charge in [0, 0.05) is 35.3 Å². The van der Waals surface area contributed by atoms with Crippen LogP contribution in [0.5, 0.6) is 0 Å². The highest BCUT2D eigenvalue weighted by molar-refractivity contribution is 7.99. The first-order valence-corrected chi connectivity index (χ1v) is 7.98. The second kappa shape index (κ2) is 6.51. The quantitative estimate of drug-likeness (QED) is 0.652. The van der Waals surface area contributed by atoms with Gasteiger partial charge in [-0.25, -0.2) is 0 Å². The zero-order valence-corrected chi connectivity index (χ0v) is 13.7. The molecule has 0 fully saturated rings. The molecule has 4 rings (SSSR count). The maximum atomic E-state index is 2.43. The molecule has 1 aliphatic heterocycles. The molecule has 0 N–H and O–H groups in total. The standard InChI is InChI=1S/C18H16N2S.ClH/c1-3-9-17-15(7-1)20(14-13-19-11-5-6-12-19)16-8-2-4-10-18(16)21-17;/h1-12H,13-14H2;1H. The average molecular weight is 329 g/mol. The predicted octanol–water partition coefficient (Wildman–Crippen LogP) is 5.21. The maximum Gasteiger partial charge on any atom is 0.0553 e. The predicted molar refractivity (Wildman–Crippen MR) is 95.7 cm³/mol. The third-order valence-electron chi connectivity index (χ3n) is 3.78. The zero-order valence-electron chi connectivity index (χ0n) is 12.1. The molecule has 0 saturated carbocycles. The van der Waals surface area contributed by atoms with Crippen LogP contribution in [0.2, 0.25) is 0 Å². The van der Waals surface area contributed by atoms with Gasteiger partial charge in [-0.1, -0.05) is 36.0 Å². The fraction of sp³-hybridized carbons (Fsp3) is 0.111. The van der Waals surface area contributed by atoms with E-state index >= 15 is 0 Å². The molecule has 4 heteroatoms. The number of aromatic nitrogens is 1. The van der Waals surface area contributed by atoms with E-state index < -0.39 is 0 Å². The summed E-state index contributed by atoms with van der Waals surface area (Å²) in [6.07, 6.45) is 4.24. The first kappa shape index (κ1) is 15.1. The number of para-hydroxylation sites is 2. The van der Waals surface area contributed by atoms with E-state index in [0.717, 1.165) is 13.1 Å². The fourth-order valence-electron chi connectivity index (χ4n) is 2.76. The van der Waals surface area contributed by atoms with Crippen molar-refractivity contribution >= 4 is 35.5 Å². The van der Waals surface area contributed by atoms with Gasteiger partial charge in [-0.2, -0.15) is 0 Å². The maximum absolute atomic E-state index is 2.43. The van der Waals surface area contributed by atoms with Crippen LogP contribution in [0.4, 0.5) is 11.4 Å². The monoisotopic (exact) mass is 328 g/mol. The van der Waals surface area contributed by atoms with Crippen molar-refractivity contribution in [2.45, 2.75) is 16.3 Å².